The Balaban J connectivity index is 1.60. The Bertz CT molecular complexity index is 1090. The van der Waals surface area contributed by atoms with Crippen molar-refractivity contribution in [3.8, 4) is 0 Å². The van der Waals surface area contributed by atoms with Gasteiger partial charge in [-0.2, -0.15) is 0 Å². The number of Topliss-reactive ketones (excluding diaryl/α,β-unsaturated/α-hetero) is 1. The van der Waals surface area contributed by atoms with E-state index in [0.717, 1.165) is 29.9 Å². The molecule has 2 fully saturated rings. The summed E-state index contributed by atoms with van der Waals surface area (Å²) >= 11 is 6.21. The van der Waals surface area contributed by atoms with Gasteiger partial charge in [0.05, 0.1) is 18.1 Å². The number of rotatable bonds is 4. The van der Waals surface area contributed by atoms with Crippen molar-refractivity contribution in [3.05, 3.63) is 74.3 Å². The molecule has 2 nitrogen and oxygen atoms in total. The fourth-order valence-corrected chi connectivity index (χ4v) is 6.84. The van der Waals surface area contributed by atoms with Gasteiger partial charge >= 0.3 is 0 Å². The number of carbonyl (C=O) groups is 1. The number of ketones is 1. The predicted octanol–water partition coefficient (Wildman–Crippen LogP) is 6.63. The van der Waals surface area contributed by atoms with E-state index >= 15 is 0 Å². The van der Waals surface area contributed by atoms with Gasteiger partial charge in [0.2, 0.25) is 0 Å². The second kappa shape index (κ2) is 7.60. The molecule has 3 unspecified atom stereocenters. The third-order valence-corrected chi connectivity index (χ3v) is 8.12. The van der Waals surface area contributed by atoms with Gasteiger partial charge in [0.1, 0.15) is 0 Å². The number of carbonyl (C=O) groups excluding carboxylic acids is 1. The van der Waals surface area contributed by atoms with E-state index in [4.69, 9.17) is 16.3 Å². The molecule has 0 spiro atoms. The first-order valence-corrected chi connectivity index (χ1v) is 12.0. The maximum Gasteiger partial charge on any atom is 0.169 e. The molecule has 1 aliphatic carbocycles. The van der Waals surface area contributed by atoms with E-state index in [1.807, 2.05) is 12.1 Å². The Morgan fingerprint density at radius 1 is 1.00 bits per heavy atom. The van der Waals surface area contributed by atoms with Crippen LogP contribution in [0.4, 0.5) is 0 Å². The number of allylic oxidation sites excluding steroid dienone is 1. The van der Waals surface area contributed by atoms with E-state index < -0.39 is 0 Å². The maximum absolute atomic E-state index is 13.8. The van der Waals surface area contributed by atoms with E-state index in [9.17, 15) is 4.79 Å². The van der Waals surface area contributed by atoms with Gasteiger partial charge in [-0.25, -0.2) is 0 Å². The molecule has 2 bridgehead atoms. The smallest absolute Gasteiger partial charge is 0.169 e. The van der Waals surface area contributed by atoms with Crippen molar-refractivity contribution in [1.82, 2.24) is 0 Å². The number of hydrogen-bond acceptors (Lipinski definition) is 2. The minimum absolute atomic E-state index is 0.0143. The first-order valence-electron chi connectivity index (χ1n) is 11.6. The standard InChI is InChI=1S/C28H31ClO2/c1-6-17-10-14(3)11-18(7-2)25(17)23-16(5)24-26(27(23)30)22-13-21(28(24)31-22)20-9-8-19(29)12-15(20)4/h8-12,21-22,24,26,28H,6-7,13H2,1-5H3/t21?,22?,24-,26-,28?/m0/s1. The van der Waals surface area contributed by atoms with E-state index in [1.54, 1.807) is 0 Å². The van der Waals surface area contributed by atoms with Crippen molar-refractivity contribution in [3.63, 3.8) is 0 Å². The molecule has 162 valence electrons. The van der Waals surface area contributed by atoms with Crippen LogP contribution in [-0.4, -0.2) is 18.0 Å². The van der Waals surface area contributed by atoms with Crippen LogP contribution in [0.5, 0.6) is 0 Å². The van der Waals surface area contributed by atoms with E-state index in [2.05, 4.69) is 52.8 Å². The number of ether oxygens (including phenoxy) is 1. The molecule has 2 aliphatic heterocycles. The van der Waals surface area contributed by atoms with Crippen LogP contribution in [0.25, 0.3) is 5.57 Å². The van der Waals surface area contributed by atoms with Crippen molar-refractivity contribution in [2.45, 2.75) is 72.0 Å². The Morgan fingerprint density at radius 2 is 1.68 bits per heavy atom. The number of fused-ring (bicyclic) bond motifs is 5. The molecule has 5 rings (SSSR count). The lowest BCUT2D eigenvalue weighted by molar-refractivity contribution is -0.118. The molecule has 2 aromatic carbocycles. The number of aryl methyl sites for hydroxylation is 4. The van der Waals surface area contributed by atoms with Crippen LogP contribution in [-0.2, 0) is 22.4 Å². The summed E-state index contributed by atoms with van der Waals surface area (Å²) in [4.78, 5) is 13.8. The first kappa shape index (κ1) is 21.0. The Morgan fingerprint density at radius 3 is 2.29 bits per heavy atom. The van der Waals surface area contributed by atoms with Crippen LogP contribution >= 0.6 is 11.6 Å². The maximum atomic E-state index is 13.8. The molecular formula is C28H31ClO2. The van der Waals surface area contributed by atoms with Gasteiger partial charge in [-0.05, 0) is 80.0 Å². The highest BCUT2D eigenvalue weighted by Crippen LogP contribution is 2.59. The largest absolute Gasteiger partial charge is 0.373 e. The van der Waals surface area contributed by atoms with E-state index in [0.29, 0.717) is 11.7 Å². The van der Waals surface area contributed by atoms with Crippen molar-refractivity contribution < 1.29 is 9.53 Å². The van der Waals surface area contributed by atoms with Crippen molar-refractivity contribution in [1.29, 1.82) is 0 Å². The summed E-state index contributed by atoms with van der Waals surface area (Å²) in [6, 6.07) is 10.7. The summed E-state index contributed by atoms with van der Waals surface area (Å²) in [5.41, 5.74) is 9.88. The second-order valence-electron chi connectivity index (χ2n) is 9.62. The third kappa shape index (κ3) is 3.06. The normalized spacial score (nSPS) is 29.2. The summed E-state index contributed by atoms with van der Waals surface area (Å²) in [6.45, 7) is 10.9. The molecule has 31 heavy (non-hydrogen) atoms. The number of halogens is 1. The summed E-state index contributed by atoms with van der Waals surface area (Å²) in [7, 11) is 0. The molecular weight excluding hydrogens is 404 g/mol. The molecule has 2 aromatic rings. The van der Waals surface area contributed by atoms with Crippen molar-refractivity contribution >= 4 is 23.0 Å². The SMILES string of the molecule is CCc1cc(C)cc(CC)c1C1=C(C)[C@@H]2C3OC(CC3c3ccc(Cl)cc3C)[C@@H]2C1=O. The zero-order valence-electron chi connectivity index (χ0n) is 19.1. The summed E-state index contributed by atoms with van der Waals surface area (Å²) in [5.74, 6) is 0.825. The molecule has 0 N–H and O–H groups in total. The quantitative estimate of drug-likeness (QED) is 0.540. The summed E-state index contributed by atoms with van der Waals surface area (Å²) in [5, 5.41) is 0.774. The molecule has 5 atom stereocenters. The Hall–Kier alpha value is -1.90. The molecule has 2 heterocycles. The van der Waals surface area contributed by atoms with Crippen molar-refractivity contribution in [2.24, 2.45) is 11.8 Å². The van der Waals surface area contributed by atoms with Crippen LogP contribution in [0.3, 0.4) is 0 Å². The van der Waals surface area contributed by atoms with Gasteiger partial charge in [0.15, 0.2) is 5.78 Å². The minimum Gasteiger partial charge on any atom is -0.373 e. The topological polar surface area (TPSA) is 26.3 Å². The molecule has 3 aliphatic rings. The van der Waals surface area contributed by atoms with Gasteiger partial charge in [0.25, 0.3) is 0 Å². The van der Waals surface area contributed by atoms with Gasteiger partial charge in [-0.3, -0.25) is 4.79 Å². The zero-order valence-corrected chi connectivity index (χ0v) is 19.8. The Labute approximate surface area is 190 Å². The Kier molecular flexibility index (Phi) is 5.14. The highest BCUT2D eigenvalue weighted by atomic mass is 35.5. The molecule has 3 heteroatoms. The molecule has 0 amide bonds. The second-order valence-corrected chi connectivity index (χ2v) is 10.1. The minimum atomic E-state index is -0.0143. The van der Waals surface area contributed by atoms with Crippen LogP contribution in [0.15, 0.2) is 35.9 Å². The van der Waals surface area contributed by atoms with E-state index in [-0.39, 0.29) is 24.0 Å². The lowest BCUT2D eigenvalue weighted by Crippen LogP contribution is -2.33. The fraction of sp³-hybridized carbons (Fsp3) is 0.464. The van der Waals surface area contributed by atoms with Crippen LogP contribution in [0.2, 0.25) is 5.02 Å². The third-order valence-electron chi connectivity index (χ3n) is 7.89. The molecule has 0 saturated carbocycles. The van der Waals surface area contributed by atoms with Gasteiger partial charge in [0, 0.05) is 22.4 Å². The zero-order chi connectivity index (χ0) is 22.0. The van der Waals surface area contributed by atoms with E-state index in [1.165, 1.54) is 39.0 Å². The lowest BCUT2D eigenvalue weighted by Gasteiger charge is -2.29. The monoisotopic (exact) mass is 434 g/mol. The van der Waals surface area contributed by atoms with Crippen molar-refractivity contribution in [2.75, 3.05) is 0 Å². The lowest BCUT2D eigenvalue weighted by atomic mass is 9.71. The molecule has 0 radical (unpaired) electrons. The summed E-state index contributed by atoms with van der Waals surface area (Å²) in [6.07, 6.45) is 2.92. The first-order chi connectivity index (χ1) is 14.8. The van der Waals surface area contributed by atoms with Gasteiger partial charge in [-0.1, -0.05) is 54.8 Å². The molecule has 0 aromatic heterocycles. The highest BCUT2D eigenvalue weighted by molar-refractivity contribution is 6.30. The van der Waals surface area contributed by atoms with Crippen LogP contribution < -0.4 is 0 Å². The fourth-order valence-electron chi connectivity index (χ4n) is 6.61. The molecule has 2 saturated heterocycles. The van der Waals surface area contributed by atoms with Gasteiger partial charge < -0.3 is 4.74 Å². The summed E-state index contributed by atoms with van der Waals surface area (Å²) < 4.78 is 6.46. The number of hydrogen-bond donors (Lipinski definition) is 0. The van der Waals surface area contributed by atoms with Crippen LogP contribution in [0.1, 0.15) is 66.5 Å². The number of benzene rings is 2. The van der Waals surface area contributed by atoms with Crippen LogP contribution in [0, 0.1) is 25.7 Å². The predicted molar refractivity (Wildman–Crippen MR) is 127 cm³/mol. The highest BCUT2D eigenvalue weighted by Gasteiger charge is 2.61. The van der Waals surface area contributed by atoms with Gasteiger partial charge in [-0.15, -0.1) is 0 Å². The average Bonchev–Trinajstić information content (AvgIpc) is 3.39. The average molecular weight is 435 g/mol.